The summed E-state index contributed by atoms with van der Waals surface area (Å²) in [7, 11) is -3.85. The molecule has 0 saturated carbocycles. The van der Waals surface area contributed by atoms with Crippen LogP contribution in [0, 0.1) is 25.2 Å². The average molecular weight is 321 g/mol. The van der Waals surface area contributed by atoms with E-state index in [0.29, 0.717) is 5.69 Å². The van der Waals surface area contributed by atoms with Crippen molar-refractivity contribution in [2.45, 2.75) is 18.7 Å². The number of sulfonamides is 1. The Morgan fingerprint density at radius 2 is 1.86 bits per heavy atom. The first kappa shape index (κ1) is 15.4. The highest BCUT2D eigenvalue weighted by Crippen LogP contribution is 2.26. The lowest BCUT2D eigenvalue weighted by molar-refractivity contribution is 0.601. The van der Waals surface area contributed by atoms with Gasteiger partial charge in [0.15, 0.2) is 0 Å². The summed E-state index contributed by atoms with van der Waals surface area (Å²) in [6.45, 7) is 3.75. The van der Waals surface area contributed by atoms with Crippen molar-refractivity contribution in [1.82, 2.24) is 0 Å². The zero-order valence-electron chi connectivity index (χ0n) is 11.5. The molecule has 0 amide bonds. The third-order valence-corrected chi connectivity index (χ3v) is 4.82. The van der Waals surface area contributed by atoms with E-state index in [0.717, 1.165) is 11.1 Å². The van der Waals surface area contributed by atoms with Gasteiger partial charge in [0, 0.05) is 0 Å². The summed E-state index contributed by atoms with van der Waals surface area (Å²) >= 11 is 5.94. The maximum Gasteiger partial charge on any atom is 0.263 e. The van der Waals surface area contributed by atoms with Crippen LogP contribution in [0.3, 0.4) is 0 Å². The number of nitrogens with zero attached hydrogens (tertiary/aromatic N) is 1. The molecule has 0 radical (unpaired) electrons. The largest absolute Gasteiger partial charge is 0.279 e. The summed E-state index contributed by atoms with van der Waals surface area (Å²) in [5, 5.41) is 8.95. The van der Waals surface area contributed by atoms with E-state index in [1.807, 2.05) is 32.0 Å². The van der Waals surface area contributed by atoms with Crippen LogP contribution in [0.2, 0.25) is 5.02 Å². The second-order valence-corrected chi connectivity index (χ2v) is 6.74. The summed E-state index contributed by atoms with van der Waals surface area (Å²) in [4.78, 5) is -0.108. The lowest BCUT2D eigenvalue weighted by Gasteiger charge is -2.12. The first-order valence-corrected chi connectivity index (χ1v) is 7.99. The minimum absolute atomic E-state index is 0.0752. The highest BCUT2D eigenvalue weighted by atomic mass is 35.5. The van der Waals surface area contributed by atoms with Gasteiger partial charge >= 0.3 is 0 Å². The number of aryl methyl sites for hydroxylation is 2. The standard InChI is InChI=1S/C15H13ClN2O2S/c1-10-3-6-14(11(2)7-10)18-21(19,20)15-8-12(9-17)4-5-13(15)16/h3-8,18H,1-2H3. The maximum atomic E-state index is 12.4. The summed E-state index contributed by atoms with van der Waals surface area (Å²) in [6.07, 6.45) is 0. The van der Waals surface area contributed by atoms with Crippen LogP contribution in [0.25, 0.3) is 0 Å². The number of nitriles is 1. The van der Waals surface area contributed by atoms with Gasteiger partial charge in [-0.15, -0.1) is 0 Å². The molecule has 0 aromatic heterocycles. The number of hydrogen-bond donors (Lipinski definition) is 1. The third-order valence-electron chi connectivity index (χ3n) is 2.98. The van der Waals surface area contributed by atoms with Gasteiger partial charge in [-0.2, -0.15) is 5.26 Å². The van der Waals surface area contributed by atoms with Gasteiger partial charge in [-0.25, -0.2) is 8.42 Å². The fourth-order valence-corrected chi connectivity index (χ4v) is 3.56. The lowest BCUT2D eigenvalue weighted by atomic mass is 10.1. The van der Waals surface area contributed by atoms with Crippen molar-refractivity contribution in [3.63, 3.8) is 0 Å². The maximum absolute atomic E-state index is 12.4. The normalized spacial score (nSPS) is 11.0. The first-order chi connectivity index (χ1) is 9.83. The van der Waals surface area contributed by atoms with Gasteiger partial charge in [0.25, 0.3) is 10.0 Å². The highest BCUT2D eigenvalue weighted by molar-refractivity contribution is 7.92. The smallest absolute Gasteiger partial charge is 0.263 e. The lowest BCUT2D eigenvalue weighted by Crippen LogP contribution is -2.14. The molecule has 0 saturated heterocycles. The van der Waals surface area contributed by atoms with Crippen LogP contribution < -0.4 is 4.72 Å². The predicted molar refractivity (Wildman–Crippen MR) is 82.9 cm³/mol. The molecule has 4 nitrogen and oxygen atoms in total. The molecular formula is C15H13ClN2O2S. The van der Waals surface area contributed by atoms with Crippen LogP contribution in [0.15, 0.2) is 41.3 Å². The zero-order chi connectivity index (χ0) is 15.6. The van der Waals surface area contributed by atoms with E-state index in [2.05, 4.69) is 4.72 Å². The van der Waals surface area contributed by atoms with E-state index >= 15 is 0 Å². The molecule has 0 unspecified atom stereocenters. The summed E-state index contributed by atoms with van der Waals surface area (Å²) in [5.41, 5.74) is 2.57. The molecule has 0 fully saturated rings. The van der Waals surface area contributed by atoms with E-state index in [4.69, 9.17) is 16.9 Å². The van der Waals surface area contributed by atoms with Crippen LogP contribution in [0.4, 0.5) is 5.69 Å². The van der Waals surface area contributed by atoms with Gasteiger partial charge in [-0.3, -0.25) is 4.72 Å². The van der Waals surface area contributed by atoms with Crippen molar-refractivity contribution in [1.29, 1.82) is 5.26 Å². The Morgan fingerprint density at radius 1 is 1.14 bits per heavy atom. The second-order valence-electron chi connectivity index (χ2n) is 4.68. The van der Waals surface area contributed by atoms with Gasteiger partial charge in [0.05, 0.1) is 22.3 Å². The van der Waals surface area contributed by atoms with Crippen molar-refractivity contribution in [2.75, 3.05) is 4.72 Å². The van der Waals surface area contributed by atoms with E-state index < -0.39 is 10.0 Å². The van der Waals surface area contributed by atoms with Gasteiger partial charge in [0.2, 0.25) is 0 Å². The SMILES string of the molecule is Cc1ccc(NS(=O)(=O)c2cc(C#N)ccc2Cl)c(C)c1. The molecule has 2 aromatic carbocycles. The van der Waals surface area contributed by atoms with Gasteiger partial charge < -0.3 is 0 Å². The Hall–Kier alpha value is -2.03. The Bertz CT molecular complexity index is 839. The molecule has 0 aliphatic rings. The summed E-state index contributed by atoms with van der Waals surface area (Å²) < 4.78 is 27.3. The van der Waals surface area contributed by atoms with Crippen molar-refractivity contribution in [3.05, 3.63) is 58.1 Å². The molecule has 0 aliphatic heterocycles. The Balaban J connectivity index is 2.46. The van der Waals surface area contributed by atoms with Crippen molar-refractivity contribution >= 4 is 27.3 Å². The monoisotopic (exact) mass is 320 g/mol. The number of halogens is 1. The molecule has 0 spiro atoms. The number of rotatable bonds is 3. The number of nitrogens with one attached hydrogen (secondary N) is 1. The van der Waals surface area contributed by atoms with Crippen molar-refractivity contribution < 1.29 is 8.42 Å². The number of anilines is 1. The van der Waals surface area contributed by atoms with Crippen LogP contribution in [0.1, 0.15) is 16.7 Å². The van der Waals surface area contributed by atoms with Crippen molar-refractivity contribution in [2.24, 2.45) is 0 Å². The average Bonchev–Trinajstić information content (AvgIpc) is 2.42. The molecule has 0 bridgehead atoms. The molecule has 21 heavy (non-hydrogen) atoms. The molecule has 0 atom stereocenters. The molecule has 1 N–H and O–H groups in total. The minimum atomic E-state index is -3.85. The van der Waals surface area contributed by atoms with Gasteiger partial charge in [-0.05, 0) is 43.7 Å². The fraction of sp³-hybridized carbons (Fsp3) is 0.133. The molecule has 6 heteroatoms. The van der Waals surface area contributed by atoms with E-state index in [-0.39, 0.29) is 15.5 Å². The predicted octanol–water partition coefficient (Wildman–Crippen LogP) is 3.63. The summed E-state index contributed by atoms with van der Waals surface area (Å²) in [6, 6.07) is 11.4. The molecule has 108 valence electrons. The number of benzene rings is 2. The molecular weight excluding hydrogens is 308 g/mol. The first-order valence-electron chi connectivity index (χ1n) is 6.13. The van der Waals surface area contributed by atoms with E-state index in [1.54, 1.807) is 6.07 Å². The topological polar surface area (TPSA) is 70.0 Å². The molecule has 0 heterocycles. The Kier molecular flexibility index (Phi) is 4.21. The van der Waals surface area contributed by atoms with Gasteiger partial charge in [0.1, 0.15) is 4.90 Å². The van der Waals surface area contributed by atoms with E-state index in [9.17, 15) is 8.42 Å². The Morgan fingerprint density at radius 3 is 2.48 bits per heavy atom. The van der Waals surface area contributed by atoms with Gasteiger partial charge in [-0.1, -0.05) is 29.3 Å². The minimum Gasteiger partial charge on any atom is -0.279 e. The molecule has 2 aromatic rings. The van der Waals surface area contributed by atoms with Crippen LogP contribution in [0.5, 0.6) is 0 Å². The van der Waals surface area contributed by atoms with Crippen molar-refractivity contribution in [3.8, 4) is 6.07 Å². The van der Waals surface area contributed by atoms with Crippen LogP contribution in [-0.4, -0.2) is 8.42 Å². The zero-order valence-corrected chi connectivity index (χ0v) is 13.1. The quantitative estimate of drug-likeness (QED) is 0.938. The summed E-state index contributed by atoms with van der Waals surface area (Å²) in [5.74, 6) is 0. The highest BCUT2D eigenvalue weighted by Gasteiger charge is 2.19. The molecule has 0 aliphatic carbocycles. The molecule has 2 rings (SSSR count). The van der Waals surface area contributed by atoms with Crippen LogP contribution >= 0.6 is 11.6 Å². The van der Waals surface area contributed by atoms with Crippen LogP contribution in [-0.2, 0) is 10.0 Å². The van der Waals surface area contributed by atoms with E-state index in [1.165, 1.54) is 18.2 Å². The fourth-order valence-electron chi connectivity index (χ4n) is 1.91. The third kappa shape index (κ3) is 3.35. The number of hydrogen-bond acceptors (Lipinski definition) is 3. The second kappa shape index (κ2) is 5.76. The Labute approximate surface area is 129 Å².